The third kappa shape index (κ3) is 5.39. The number of carbonyl (C=O) groups is 1. The predicted molar refractivity (Wildman–Crippen MR) is 134 cm³/mol. The van der Waals surface area contributed by atoms with E-state index >= 15 is 0 Å². The van der Waals surface area contributed by atoms with E-state index in [1.54, 1.807) is 7.11 Å². The lowest BCUT2D eigenvalue weighted by Crippen LogP contribution is -2.55. The number of benzene rings is 1. The maximum atomic E-state index is 12.9. The van der Waals surface area contributed by atoms with Crippen LogP contribution in [-0.4, -0.2) is 74.9 Å². The lowest BCUT2D eigenvalue weighted by Gasteiger charge is -2.42. The number of nitro groups is 1. The summed E-state index contributed by atoms with van der Waals surface area (Å²) < 4.78 is 34.3. The van der Waals surface area contributed by atoms with Gasteiger partial charge in [-0.3, -0.25) is 14.9 Å². The summed E-state index contributed by atoms with van der Waals surface area (Å²) in [5, 5.41) is 14.4. The van der Waals surface area contributed by atoms with Crippen LogP contribution in [0.15, 0.2) is 23.8 Å². The zero-order chi connectivity index (χ0) is 27.0. The Morgan fingerprint density at radius 2 is 1.92 bits per heavy atom. The van der Waals surface area contributed by atoms with Crippen molar-refractivity contribution in [1.29, 1.82) is 0 Å². The minimum absolute atomic E-state index is 0.0489. The molecule has 11 heteroatoms. The van der Waals surface area contributed by atoms with Crippen molar-refractivity contribution in [3.63, 3.8) is 0 Å². The molecule has 6 atom stereocenters. The van der Waals surface area contributed by atoms with Crippen molar-refractivity contribution in [2.75, 3.05) is 39.8 Å². The van der Waals surface area contributed by atoms with E-state index in [1.165, 1.54) is 31.9 Å². The summed E-state index contributed by atoms with van der Waals surface area (Å²) in [6, 6.07) is 2.67. The molecule has 0 amide bonds. The highest BCUT2D eigenvalue weighted by Gasteiger charge is 2.72. The van der Waals surface area contributed by atoms with Gasteiger partial charge < -0.3 is 33.7 Å². The summed E-state index contributed by atoms with van der Waals surface area (Å²) in [4.78, 5) is 23.9. The summed E-state index contributed by atoms with van der Waals surface area (Å²) >= 11 is 0. The highest BCUT2D eigenvalue weighted by Crippen LogP contribution is 2.59. The predicted octanol–water partition coefficient (Wildman–Crippen LogP) is 3.64. The van der Waals surface area contributed by atoms with E-state index in [9.17, 15) is 14.9 Å². The molecule has 37 heavy (non-hydrogen) atoms. The molecule has 2 aliphatic heterocycles. The number of carbonyl (C=O) groups excluding carboxylic acids is 1. The fourth-order valence-corrected chi connectivity index (χ4v) is 5.61. The van der Waals surface area contributed by atoms with Crippen molar-refractivity contribution in [2.24, 2.45) is 5.92 Å². The highest BCUT2D eigenvalue weighted by atomic mass is 16.6. The molecule has 3 fully saturated rings. The number of nitrogens with one attached hydrogen (secondary N) is 1. The Balaban J connectivity index is 1.44. The number of nitro benzene ring substituents is 1. The van der Waals surface area contributed by atoms with Gasteiger partial charge in [0.2, 0.25) is 0 Å². The summed E-state index contributed by atoms with van der Waals surface area (Å²) in [5.41, 5.74) is 0.349. The van der Waals surface area contributed by atoms with Crippen molar-refractivity contribution in [2.45, 2.75) is 69.5 Å². The van der Waals surface area contributed by atoms with Gasteiger partial charge >= 0.3 is 5.97 Å². The van der Waals surface area contributed by atoms with Crippen molar-refractivity contribution in [3.05, 3.63) is 33.9 Å². The monoisotopic (exact) mass is 520 g/mol. The van der Waals surface area contributed by atoms with Gasteiger partial charge in [0.15, 0.2) is 11.5 Å². The van der Waals surface area contributed by atoms with E-state index in [0.717, 1.165) is 12.8 Å². The molecule has 1 aromatic carbocycles. The molecule has 11 nitrogen and oxygen atoms in total. The number of anilines is 1. The quantitative estimate of drug-likeness (QED) is 0.151. The fourth-order valence-electron chi connectivity index (χ4n) is 5.61. The Morgan fingerprint density at radius 3 is 2.49 bits per heavy atom. The van der Waals surface area contributed by atoms with Gasteiger partial charge in [-0.25, -0.2) is 0 Å². The summed E-state index contributed by atoms with van der Waals surface area (Å²) in [7, 11) is 4.43. The van der Waals surface area contributed by atoms with Gasteiger partial charge in [-0.15, -0.1) is 0 Å². The van der Waals surface area contributed by atoms with Gasteiger partial charge in [-0.05, 0) is 40.0 Å². The average Bonchev–Trinajstić information content (AvgIpc) is 3.78. The molecule has 2 saturated heterocycles. The smallest absolute Gasteiger partial charge is 0.325 e. The second kappa shape index (κ2) is 10.5. The van der Waals surface area contributed by atoms with Crippen LogP contribution >= 0.6 is 0 Å². The largest absolute Gasteiger partial charge is 0.493 e. The van der Waals surface area contributed by atoms with E-state index in [4.69, 9.17) is 28.4 Å². The summed E-state index contributed by atoms with van der Waals surface area (Å²) in [5.74, 6) is -0.125. The molecule has 1 N–H and O–H groups in total. The number of hydrogen-bond donors (Lipinski definition) is 1. The van der Waals surface area contributed by atoms with E-state index in [2.05, 4.69) is 32.2 Å². The molecule has 1 saturated carbocycles. The van der Waals surface area contributed by atoms with Crippen LogP contribution in [0.2, 0.25) is 0 Å². The average molecular weight is 521 g/mol. The van der Waals surface area contributed by atoms with Crippen LogP contribution in [0.25, 0.3) is 0 Å². The minimum Gasteiger partial charge on any atom is -0.493 e. The topological polar surface area (TPSA) is 134 Å². The SMILES string of the molecule is COc1cc(NCC(=O)O[C@@H]2CC[C@]3(CO3)C([C@@]3(C)O[C@@H]3CC=C(C)C)[C@@H]2OC)c([N+](=O)[O-])cc1OC. The van der Waals surface area contributed by atoms with E-state index in [-0.39, 0.29) is 41.3 Å². The van der Waals surface area contributed by atoms with Crippen molar-refractivity contribution >= 4 is 17.3 Å². The van der Waals surface area contributed by atoms with Crippen molar-refractivity contribution in [1.82, 2.24) is 0 Å². The van der Waals surface area contributed by atoms with Crippen molar-refractivity contribution < 1.29 is 38.1 Å². The Hall–Kier alpha value is -2.89. The van der Waals surface area contributed by atoms with Gasteiger partial charge in [0.05, 0.1) is 43.8 Å². The Morgan fingerprint density at radius 1 is 1.24 bits per heavy atom. The minimum atomic E-state index is -0.556. The first kappa shape index (κ1) is 27.2. The molecule has 0 radical (unpaired) electrons. The molecule has 1 unspecified atom stereocenters. The van der Waals surface area contributed by atoms with Gasteiger partial charge in [0.1, 0.15) is 35.6 Å². The number of hydrogen-bond acceptors (Lipinski definition) is 10. The molecule has 0 bridgehead atoms. The standard InChI is InChI=1S/C26H36N2O9/c1-15(2)7-8-21-25(3,37-21)24-23(34-6)18(9-10-26(24)14-35-26)36-22(29)13-27-16-11-19(32-4)20(33-5)12-17(16)28(30)31/h7,11-12,18,21,23-24,27H,8-10,13-14H2,1-6H3/t18-,21-,23-,24?,25+,26+/m1/s1. The molecule has 1 aromatic rings. The molecular weight excluding hydrogens is 484 g/mol. The number of rotatable bonds is 11. The van der Waals surface area contributed by atoms with Crippen LogP contribution in [0.1, 0.15) is 40.0 Å². The first-order chi connectivity index (χ1) is 17.6. The summed E-state index contributed by atoms with van der Waals surface area (Å²) in [6.45, 7) is 6.57. The first-order valence-corrected chi connectivity index (χ1v) is 12.4. The van der Waals surface area contributed by atoms with Gasteiger partial charge in [0, 0.05) is 13.2 Å². The Kier molecular flexibility index (Phi) is 7.68. The Labute approximate surface area is 216 Å². The lowest BCUT2D eigenvalue weighted by atomic mass is 9.68. The zero-order valence-corrected chi connectivity index (χ0v) is 22.2. The number of nitrogens with zero attached hydrogens (tertiary/aromatic N) is 1. The maximum absolute atomic E-state index is 12.9. The van der Waals surface area contributed by atoms with E-state index in [1.807, 2.05) is 0 Å². The molecular formula is C26H36N2O9. The fraction of sp³-hybridized carbons (Fsp3) is 0.654. The Bertz CT molecular complexity index is 1070. The van der Waals surface area contributed by atoms with Crippen LogP contribution < -0.4 is 14.8 Å². The molecule has 2 heterocycles. The van der Waals surface area contributed by atoms with Crippen LogP contribution in [0, 0.1) is 16.0 Å². The number of epoxide rings is 2. The number of allylic oxidation sites excluding steroid dienone is 1. The number of esters is 1. The van der Waals surface area contributed by atoms with E-state index < -0.39 is 28.7 Å². The number of ether oxygens (including phenoxy) is 6. The van der Waals surface area contributed by atoms with Crippen molar-refractivity contribution in [3.8, 4) is 11.5 Å². The second-order valence-corrected chi connectivity index (χ2v) is 10.2. The lowest BCUT2D eigenvalue weighted by molar-refractivity contribution is -0.384. The molecule has 204 valence electrons. The third-order valence-corrected chi connectivity index (χ3v) is 7.64. The number of methoxy groups -OCH3 is 3. The normalized spacial score (nSPS) is 31.8. The third-order valence-electron chi connectivity index (χ3n) is 7.64. The van der Waals surface area contributed by atoms with Gasteiger partial charge in [-0.1, -0.05) is 11.6 Å². The van der Waals surface area contributed by atoms with Crippen LogP contribution in [0.3, 0.4) is 0 Å². The maximum Gasteiger partial charge on any atom is 0.325 e. The van der Waals surface area contributed by atoms with E-state index in [0.29, 0.717) is 18.8 Å². The molecule has 1 aliphatic carbocycles. The van der Waals surface area contributed by atoms with Gasteiger partial charge in [0.25, 0.3) is 5.69 Å². The first-order valence-electron chi connectivity index (χ1n) is 12.4. The zero-order valence-electron chi connectivity index (χ0n) is 22.2. The van der Waals surface area contributed by atoms with Gasteiger partial charge in [-0.2, -0.15) is 0 Å². The summed E-state index contributed by atoms with van der Waals surface area (Å²) in [6.07, 6.45) is 3.44. The van der Waals surface area contributed by atoms with Crippen LogP contribution in [0.4, 0.5) is 11.4 Å². The van der Waals surface area contributed by atoms with Crippen LogP contribution in [-0.2, 0) is 23.7 Å². The molecule has 1 spiro atoms. The second-order valence-electron chi connectivity index (χ2n) is 10.2. The molecule has 4 rings (SSSR count). The molecule has 0 aromatic heterocycles. The van der Waals surface area contributed by atoms with Crippen LogP contribution in [0.5, 0.6) is 11.5 Å². The highest BCUT2D eigenvalue weighted by molar-refractivity contribution is 5.78. The molecule has 3 aliphatic rings.